The molecule has 2 N–H and O–H groups in total. The van der Waals surface area contributed by atoms with E-state index in [1.807, 2.05) is 4.72 Å². The molecule has 0 radical (unpaired) electrons. The van der Waals surface area contributed by atoms with E-state index in [0.29, 0.717) is 0 Å². The second-order valence-electron chi connectivity index (χ2n) is 4.57. The summed E-state index contributed by atoms with van der Waals surface area (Å²) in [4.78, 5) is -0.466. The third kappa shape index (κ3) is 3.47. The topological polar surface area (TPSA) is 66.4 Å². The number of hydrogen-bond acceptors (Lipinski definition) is 3. The molecule has 0 amide bonds. The molecule has 0 unspecified atom stereocenters. The van der Waals surface area contributed by atoms with E-state index in [4.69, 9.17) is 29.6 Å². The zero-order valence-corrected chi connectivity index (χ0v) is 14.1. The van der Waals surface area contributed by atoms with Crippen molar-refractivity contribution in [3.8, 4) is 12.3 Å². The predicted octanol–water partition coefficient (Wildman–Crippen LogP) is 3.55. The Morgan fingerprint density at radius 2 is 1.92 bits per heavy atom. The Labute approximate surface area is 147 Å². The first-order valence-corrected chi connectivity index (χ1v) is 8.51. The molecule has 0 aromatic heterocycles. The molecule has 0 heterocycles. The van der Waals surface area contributed by atoms with Crippen LogP contribution in [0.25, 0.3) is 0 Å². The molecule has 126 valence electrons. The summed E-state index contributed by atoms with van der Waals surface area (Å²) in [5.41, 5.74) is -1.18. The summed E-state index contributed by atoms with van der Waals surface area (Å²) in [5, 5.41) is 8.92. The van der Waals surface area contributed by atoms with Gasteiger partial charge < -0.3 is 5.11 Å². The van der Waals surface area contributed by atoms with Crippen molar-refractivity contribution in [1.82, 2.24) is 0 Å². The maximum atomic E-state index is 14.1. The Hall–Kier alpha value is -1.85. The van der Waals surface area contributed by atoms with Gasteiger partial charge in [-0.2, -0.15) is 0 Å². The molecule has 0 bridgehead atoms. The Morgan fingerprint density at radius 3 is 2.50 bits per heavy atom. The van der Waals surface area contributed by atoms with Gasteiger partial charge in [-0.05, 0) is 29.8 Å². The van der Waals surface area contributed by atoms with Crippen LogP contribution >= 0.6 is 23.2 Å². The van der Waals surface area contributed by atoms with Crippen molar-refractivity contribution in [3.05, 3.63) is 57.1 Å². The molecule has 2 aromatic carbocycles. The molecule has 0 saturated heterocycles. The van der Waals surface area contributed by atoms with E-state index in [2.05, 4.69) is 0 Å². The number of halogens is 4. The normalized spacial score (nSPS) is 11.2. The van der Waals surface area contributed by atoms with Gasteiger partial charge in [0.15, 0.2) is 5.82 Å². The lowest BCUT2D eigenvalue weighted by Gasteiger charge is -2.13. The fourth-order valence-electron chi connectivity index (χ4n) is 1.89. The maximum absolute atomic E-state index is 14.1. The second kappa shape index (κ2) is 6.95. The lowest BCUT2D eigenvalue weighted by molar-refractivity contribution is 0.281. The lowest BCUT2D eigenvalue weighted by Crippen LogP contribution is -2.16. The van der Waals surface area contributed by atoms with Crippen LogP contribution in [0.5, 0.6) is 0 Å². The van der Waals surface area contributed by atoms with Crippen molar-refractivity contribution in [2.45, 2.75) is 11.5 Å². The highest BCUT2D eigenvalue weighted by atomic mass is 35.5. The van der Waals surface area contributed by atoms with Crippen LogP contribution in [0.1, 0.15) is 11.1 Å². The van der Waals surface area contributed by atoms with Crippen LogP contribution in [0.2, 0.25) is 10.0 Å². The van der Waals surface area contributed by atoms with E-state index < -0.39 is 44.4 Å². The number of anilines is 1. The van der Waals surface area contributed by atoms with Crippen molar-refractivity contribution in [2.75, 3.05) is 4.72 Å². The van der Waals surface area contributed by atoms with Crippen LogP contribution in [-0.4, -0.2) is 13.5 Å². The molecular formula is C15H9Cl2F2NO3S. The van der Waals surface area contributed by atoms with Gasteiger partial charge in [0.2, 0.25) is 0 Å². The smallest absolute Gasteiger partial charge is 0.263 e. The van der Waals surface area contributed by atoms with E-state index in [-0.39, 0.29) is 15.6 Å². The Balaban J connectivity index is 2.55. The van der Waals surface area contributed by atoms with E-state index >= 15 is 0 Å². The quantitative estimate of drug-likeness (QED) is 0.783. The molecule has 0 aliphatic heterocycles. The van der Waals surface area contributed by atoms with Gasteiger partial charge in [-0.25, -0.2) is 17.2 Å². The molecule has 24 heavy (non-hydrogen) atoms. The van der Waals surface area contributed by atoms with Crippen LogP contribution in [-0.2, 0) is 16.6 Å². The van der Waals surface area contributed by atoms with E-state index in [9.17, 15) is 22.3 Å². The number of benzene rings is 2. The van der Waals surface area contributed by atoms with Crippen LogP contribution in [0.4, 0.5) is 14.5 Å². The highest BCUT2D eigenvalue weighted by molar-refractivity contribution is 7.92. The number of rotatable bonds is 4. The summed E-state index contributed by atoms with van der Waals surface area (Å²) in [6, 6.07) is 4.04. The van der Waals surface area contributed by atoms with E-state index in [1.165, 1.54) is 6.07 Å². The zero-order chi connectivity index (χ0) is 18.1. The molecule has 0 aliphatic carbocycles. The number of aliphatic hydroxyl groups excluding tert-OH is 1. The molecular weight excluding hydrogens is 383 g/mol. The Bertz CT molecular complexity index is 956. The summed E-state index contributed by atoms with van der Waals surface area (Å²) >= 11 is 11.7. The predicted molar refractivity (Wildman–Crippen MR) is 87.5 cm³/mol. The van der Waals surface area contributed by atoms with Crippen molar-refractivity contribution < 1.29 is 22.3 Å². The molecule has 0 saturated carbocycles. The third-order valence-electron chi connectivity index (χ3n) is 3.02. The van der Waals surface area contributed by atoms with Gasteiger partial charge in [-0.1, -0.05) is 29.1 Å². The standard InChI is InChI=1S/C15H9Cl2F2NO3S/c1-2-10-11(18)3-4-12(15(10)19)20-24(22,23)13-6-9(16)5-8(7-21)14(13)17/h1,3-6,20-21H,7H2. The van der Waals surface area contributed by atoms with Crippen molar-refractivity contribution in [2.24, 2.45) is 0 Å². The number of nitrogens with one attached hydrogen (secondary N) is 1. The number of sulfonamides is 1. The molecule has 9 heteroatoms. The third-order valence-corrected chi connectivity index (χ3v) is 5.19. The summed E-state index contributed by atoms with van der Waals surface area (Å²) in [6.45, 7) is -0.548. The highest BCUT2D eigenvalue weighted by Crippen LogP contribution is 2.31. The van der Waals surface area contributed by atoms with Crippen molar-refractivity contribution >= 4 is 38.9 Å². The molecule has 0 aliphatic rings. The van der Waals surface area contributed by atoms with Gasteiger partial charge in [0, 0.05) is 5.02 Å². The monoisotopic (exact) mass is 391 g/mol. The zero-order valence-electron chi connectivity index (χ0n) is 11.8. The first kappa shape index (κ1) is 18.5. The number of aliphatic hydroxyl groups is 1. The molecule has 0 atom stereocenters. The Kier molecular flexibility index (Phi) is 5.35. The van der Waals surface area contributed by atoms with Crippen LogP contribution in [0.15, 0.2) is 29.2 Å². The largest absolute Gasteiger partial charge is 0.392 e. The molecule has 2 aromatic rings. The molecule has 4 nitrogen and oxygen atoms in total. The van der Waals surface area contributed by atoms with Gasteiger partial charge in [-0.3, -0.25) is 4.72 Å². The van der Waals surface area contributed by atoms with Gasteiger partial charge in [0.25, 0.3) is 10.0 Å². The molecule has 0 spiro atoms. The fourth-order valence-corrected chi connectivity index (χ4v) is 3.88. The lowest BCUT2D eigenvalue weighted by atomic mass is 10.2. The minimum absolute atomic E-state index is 0.00715. The van der Waals surface area contributed by atoms with Crippen LogP contribution in [0.3, 0.4) is 0 Å². The van der Waals surface area contributed by atoms with Crippen molar-refractivity contribution in [1.29, 1.82) is 0 Å². The number of hydrogen-bond donors (Lipinski definition) is 2. The first-order chi connectivity index (χ1) is 11.2. The minimum atomic E-state index is -4.37. The summed E-state index contributed by atoms with van der Waals surface area (Å²) in [7, 11) is -4.37. The first-order valence-electron chi connectivity index (χ1n) is 6.27. The number of terminal acetylenes is 1. The van der Waals surface area contributed by atoms with Crippen molar-refractivity contribution in [3.63, 3.8) is 0 Å². The molecule has 0 fully saturated rings. The maximum Gasteiger partial charge on any atom is 0.263 e. The van der Waals surface area contributed by atoms with Gasteiger partial charge in [0.1, 0.15) is 10.7 Å². The van der Waals surface area contributed by atoms with Gasteiger partial charge in [0.05, 0.1) is 22.9 Å². The second-order valence-corrected chi connectivity index (χ2v) is 7.03. The fraction of sp³-hybridized carbons (Fsp3) is 0.0667. The Morgan fingerprint density at radius 1 is 1.25 bits per heavy atom. The summed E-state index contributed by atoms with van der Waals surface area (Å²) < 4.78 is 54.3. The summed E-state index contributed by atoms with van der Waals surface area (Å²) in [5.74, 6) is -0.430. The minimum Gasteiger partial charge on any atom is -0.392 e. The van der Waals surface area contributed by atoms with Gasteiger partial charge >= 0.3 is 0 Å². The van der Waals surface area contributed by atoms with Crippen LogP contribution in [0, 0.1) is 24.0 Å². The van der Waals surface area contributed by atoms with Crippen LogP contribution < -0.4 is 4.72 Å². The average molecular weight is 392 g/mol. The summed E-state index contributed by atoms with van der Waals surface area (Å²) in [6.07, 6.45) is 5.00. The SMILES string of the molecule is C#Cc1c(F)ccc(NS(=O)(=O)c2cc(Cl)cc(CO)c2Cl)c1F. The average Bonchev–Trinajstić information content (AvgIpc) is 2.52. The van der Waals surface area contributed by atoms with E-state index in [1.54, 1.807) is 5.92 Å². The van der Waals surface area contributed by atoms with Gasteiger partial charge in [-0.15, -0.1) is 6.42 Å². The van der Waals surface area contributed by atoms with E-state index in [0.717, 1.165) is 18.2 Å². The molecule has 2 rings (SSSR count). The highest BCUT2D eigenvalue weighted by Gasteiger charge is 2.23.